The average molecular weight is 386 g/mol. The van der Waals surface area contributed by atoms with Crippen LogP contribution < -0.4 is 20.1 Å². The van der Waals surface area contributed by atoms with E-state index in [9.17, 15) is 18.0 Å². The molecule has 1 fully saturated rings. The molecule has 3 rings (SSSR count). The summed E-state index contributed by atoms with van der Waals surface area (Å²) in [5.41, 5.74) is 0.502. The van der Waals surface area contributed by atoms with Gasteiger partial charge in [-0.25, -0.2) is 17.9 Å². The van der Waals surface area contributed by atoms with Crippen molar-refractivity contribution in [3.63, 3.8) is 0 Å². The quantitative estimate of drug-likeness (QED) is 0.629. The number of hydrogen-bond donors (Lipinski definition) is 3. The first-order chi connectivity index (χ1) is 12.9. The van der Waals surface area contributed by atoms with Gasteiger partial charge in [0.1, 0.15) is 17.5 Å². The molecule has 1 aliphatic rings. The fourth-order valence-electron chi connectivity index (χ4n) is 2.30. The number of benzene rings is 2. The lowest BCUT2D eigenvalue weighted by Crippen LogP contribution is -2.41. The number of nitrogens with one attached hydrogen (secondary N) is 3. The summed E-state index contributed by atoms with van der Waals surface area (Å²) in [5.74, 6) is 0.334. The Labute approximate surface area is 155 Å². The smallest absolute Gasteiger partial charge is 0.322 e. The Hall–Kier alpha value is -3.42. The molecule has 0 bridgehead atoms. The number of carbonyl (C=O) groups excluding carboxylic acids is 2. The van der Waals surface area contributed by atoms with E-state index in [0.29, 0.717) is 17.1 Å². The minimum absolute atomic E-state index is 0.0144. The van der Waals surface area contributed by atoms with Crippen LogP contribution in [0.5, 0.6) is 11.5 Å². The zero-order valence-corrected chi connectivity index (χ0v) is 14.6. The molecule has 0 unspecified atom stereocenters. The largest absolute Gasteiger partial charge is 0.457 e. The fraction of sp³-hybridized carbons (Fsp3) is 0.118. The Kier molecular flexibility index (Phi) is 5.07. The van der Waals surface area contributed by atoms with Crippen molar-refractivity contribution in [1.82, 2.24) is 15.4 Å². The van der Waals surface area contributed by atoms with E-state index in [1.807, 2.05) is 11.4 Å². The molecular weight excluding hydrogens is 372 g/mol. The summed E-state index contributed by atoms with van der Waals surface area (Å²) in [6.45, 7) is -0.261. The molecule has 10 heteroatoms. The van der Waals surface area contributed by atoms with E-state index in [2.05, 4.69) is 10.0 Å². The van der Waals surface area contributed by atoms with Gasteiger partial charge in [0.2, 0.25) is 10.0 Å². The third-order valence-corrected chi connectivity index (χ3v) is 5.13. The standard InChI is InChI=1S/C17H14N4O5S/c18-9-11-1-3-12(4-2-11)26-13-5-7-14(8-6-13)27(24,25)19-10-15-16(22)21-17(23)20-15/h1-8,15,19H,10H2,(H2,20,21,22,23)/t15-/m0/s1. The van der Waals surface area contributed by atoms with Crippen molar-refractivity contribution in [2.75, 3.05) is 6.54 Å². The van der Waals surface area contributed by atoms with Crippen LogP contribution in [0.2, 0.25) is 0 Å². The van der Waals surface area contributed by atoms with Crippen molar-refractivity contribution in [1.29, 1.82) is 5.26 Å². The van der Waals surface area contributed by atoms with Gasteiger partial charge in [0, 0.05) is 6.54 Å². The number of nitrogens with zero attached hydrogens (tertiary/aromatic N) is 1. The zero-order valence-electron chi connectivity index (χ0n) is 13.8. The summed E-state index contributed by atoms with van der Waals surface area (Å²) in [4.78, 5) is 22.5. The zero-order chi connectivity index (χ0) is 19.4. The van der Waals surface area contributed by atoms with Gasteiger partial charge >= 0.3 is 6.03 Å². The lowest BCUT2D eigenvalue weighted by Gasteiger charge is -2.11. The van der Waals surface area contributed by atoms with Gasteiger partial charge in [0.25, 0.3) is 5.91 Å². The predicted octanol–water partition coefficient (Wildman–Crippen LogP) is 0.837. The maximum absolute atomic E-state index is 12.3. The molecule has 0 spiro atoms. The van der Waals surface area contributed by atoms with Crippen molar-refractivity contribution in [2.24, 2.45) is 0 Å². The molecule has 1 aliphatic heterocycles. The number of ether oxygens (including phenoxy) is 1. The normalized spacial score (nSPS) is 16.3. The van der Waals surface area contributed by atoms with Crippen LogP contribution in [0.15, 0.2) is 53.4 Å². The van der Waals surface area contributed by atoms with E-state index in [1.165, 1.54) is 24.3 Å². The second kappa shape index (κ2) is 7.45. The summed E-state index contributed by atoms with van der Waals surface area (Å²) < 4.78 is 32.4. The van der Waals surface area contributed by atoms with Crippen molar-refractivity contribution in [3.05, 3.63) is 54.1 Å². The molecule has 9 nitrogen and oxygen atoms in total. The van der Waals surface area contributed by atoms with Gasteiger partial charge in [-0.2, -0.15) is 5.26 Å². The second-order valence-corrected chi connectivity index (χ2v) is 7.34. The molecule has 0 saturated carbocycles. The monoisotopic (exact) mass is 386 g/mol. The first kappa shape index (κ1) is 18.4. The molecule has 3 N–H and O–H groups in total. The lowest BCUT2D eigenvalue weighted by atomic mass is 10.2. The molecule has 1 heterocycles. The van der Waals surface area contributed by atoms with Crippen molar-refractivity contribution in [3.8, 4) is 17.6 Å². The molecule has 0 radical (unpaired) electrons. The number of carbonyl (C=O) groups is 2. The highest BCUT2D eigenvalue weighted by Gasteiger charge is 2.30. The lowest BCUT2D eigenvalue weighted by molar-refractivity contribution is -0.120. The molecule has 27 heavy (non-hydrogen) atoms. The van der Waals surface area contributed by atoms with Crippen LogP contribution in [0, 0.1) is 11.3 Å². The summed E-state index contributed by atoms with van der Waals surface area (Å²) in [7, 11) is -3.86. The average Bonchev–Trinajstić information content (AvgIpc) is 2.98. The highest BCUT2D eigenvalue weighted by molar-refractivity contribution is 7.89. The van der Waals surface area contributed by atoms with Gasteiger partial charge in [-0.05, 0) is 48.5 Å². The molecule has 1 saturated heterocycles. The number of amides is 3. The molecule has 138 valence electrons. The first-order valence-electron chi connectivity index (χ1n) is 7.76. The van der Waals surface area contributed by atoms with Crippen LogP contribution in [-0.4, -0.2) is 32.9 Å². The second-order valence-electron chi connectivity index (χ2n) is 5.58. The van der Waals surface area contributed by atoms with Crippen LogP contribution in [0.4, 0.5) is 4.79 Å². The predicted molar refractivity (Wildman–Crippen MR) is 93.3 cm³/mol. The topological polar surface area (TPSA) is 137 Å². The Morgan fingerprint density at radius 1 is 1.04 bits per heavy atom. The number of rotatable bonds is 6. The summed E-state index contributed by atoms with van der Waals surface area (Å²) >= 11 is 0. The molecule has 2 aromatic carbocycles. The molecule has 2 aromatic rings. The van der Waals surface area contributed by atoms with Crippen LogP contribution >= 0.6 is 0 Å². The Morgan fingerprint density at radius 2 is 1.63 bits per heavy atom. The van der Waals surface area contributed by atoms with Gasteiger partial charge in [0.05, 0.1) is 16.5 Å². The van der Waals surface area contributed by atoms with E-state index in [0.717, 1.165) is 0 Å². The number of urea groups is 1. The third kappa shape index (κ3) is 4.41. The SMILES string of the molecule is N#Cc1ccc(Oc2ccc(S(=O)(=O)NC[C@@H]3NC(=O)NC3=O)cc2)cc1. The van der Waals surface area contributed by atoms with Crippen molar-refractivity contribution in [2.45, 2.75) is 10.9 Å². The van der Waals surface area contributed by atoms with Gasteiger partial charge in [-0.15, -0.1) is 0 Å². The molecule has 3 amide bonds. The minimum Gasteiger partial charge on any atom is -0.457 e. The van der Waals surface area contributed by atoms with E-state index < -0.39 is 28.0 Å². The van der Waals surface area contributed by atoms with Crippen LogP contribution in [0.1, 0.15) is 5.56 Å². The highest BCUT2D eigenvalue weighted by Crippen LogP contribution is 2.23. The minimum atomic E-state index is -3.86. The maximum atomic E-state index is 12.3. The van der Waals surface area contributed by atoms with Gasteiger partial charge in [-0.1, -0.05) is 0 Å². The third-order valence-electron chi connectivity index (χ3n) is 3.69. The Bertz CT molecular complexity index is 1010. The van der Waals surface area contributed by atoms with Crippen LogP contribution in [0.25, 0.3) is 0 Å². The van der Waals surface area contributed by atoms with Gasteiger partial charge < -0.3 is 10.1 Å². The number of nitriles is 1. The highest BCUT2D eigenvalue weighted by atomic mass is 32.2. The van der Waals surface area contributed by atoms with Crippen LogP contribution in [-0.2, 0) is 14.8 Å². The Balaban J connectivity index is 1.63. The summed E-state index contributed by atoms with van der Waals surface area (Å²) in [5, 5.41) is 13.1. The number of sulfonamides is 1. The molecular formula is C17H14N4O5S. The molecule has 1 atom stereocenters. The fourth-order valence-corrected chi connectivity index (χ4v) is 3.35. The van der Waals surface area contributed by atoms with E-state index in [1.54, 1.807) is 24.3 Å². The van der Waals surface area contributed by atoms with E-state index in [4.69, 9.17) is 10.00 Å². The van der Waals surface area contributed by atoms with E-state index in [-0.39, 0.29) is 11.4 Å². The molecule has 0 aliphatic carbocycles. The Morgan fingerprint density at radius 3 is 2.15 bits per heavy atom. The number of imide groups is 1. The summed E-state index contributed by atoms with van der Waals surface area (Å²) in [6, 6.07) is 12.5. The van der Waals surface area contributed by atoms with Crippen molar-refractivity contribution < 1.29 is 22.7 Å². The summed E-state index contributed by atoms with van der Waals surface area (Å²) in [6.07, 6.45) is 0. The molecule has 0 aromatic heterocycles. The van der Waals surface area contributed by atoms with Gasteiger partial charge in [0.15, 0.2) is 0 Å². The number of hydrogen-bond acceptors (Lipinski definition) is 6. The van der Waals surface area contributed by atoms with Crippen LogP contribution in [0.3, 0.4) is 0 Å². The van der Waals surface area contributed by atoms with Gasteiger partial charge in [-0.3, -0.25) is 10.1 Å². The van der Waals surface area contributed by atoms with E-state index >= 15 is 0 Å². The van der Waals surface area contributed by atoms with Crippen molar-refractivity contribution >= 4 is 22.0 Å². The first-order valence-corrected chi connectivity index (χ1v) is 9.25. The maximum Gasteiger partial charge on any atom is 0.322 e.